The molecule has 8 nitrogen and oxygen atoms in total. The van der Waals surface area contributed by atoms with Gasteiger partial charge in [-0.1, -0.05) is 66.7 Å². The highest BCUT2D eigenvalue weighted by atomic mass is 32.2. The summed E-state index contributed by atoms with van der Waals surface area (Å²) in [5.74, 6) is -0.749. The second-order valence-corrected chi connectivity index (χ2v) is 12.5. The molecule has 4 aromatic rings. The van der Waals surface area contributed by atoms with Crippen molar-refractivity contribution in [3.8, 4) is 11.5 Å². The SMILES string of the molecule is CCOc1cc([C@@H](CS(C)(=O)=O)N2C(=O)c3scc(N=C(c4ccccc4)c4ccccc4)c3C2=O)ccc1OC. The fourth-order valence-corrected chi connectivity index (χ4v) is 6.61. The summed E-state index contributed by atoms with van der Waals surface area (Å²) in [6.07, 6.45) is 1.08. The predicted octanol–water partition coefficient (Wildman–Crippen LogP) is 5.71. The van der Waals surface area contributed by atoms with Gasteiger partial charge in [0.2, 0.25) is 0 Å². The molecule has 10 heteroatoms. The molecule has 2 heterocycles. The Bertz CT molecular complexity index is 1690. The molecule has 0 unspecified atom stereocenters. The van der Waals surface area contributed by atoms with Crippen molar-refractivity contribution in [1.29, 1.82) is 0 Å². The minimum absolute atomic E-state index is 0.168. The van der Waals surface area contributed by atoms with Gasteiger partial charge in [0.15, 0.2) is 11.5 Å². The smallest absolute Gasteiger partial charge is 0.272 e. The molecule has 5 rings (SSSR count). The molecule has 210 valence electrons. The van der Waals surface area contributed by atoms with E-state index in [1.807, 2.05) is 67.6 Å². The van der Waals surface area contributed by atoms with E-state index >= 15 is 0 Å². The number of fused-ring (bicyclic) bond motifs is 1. The van der Waals surface area contributed by atoms with Crippen LogP contribution in [0.2, 0.25) is 0 Å². The molecule has 0 fully saturated rings. The van der Waals surface area contributed by atoms with Crippen LogP contribution in [-0.2, 0) is 9.84 Å². The van der Waals surface area contributed by atoms with Crippen LogP contribution in [0.5, 0.6) is 11.5 Å². The van der Waals surface area contributed by atoms with Gasteiger partial charge in [-0.25, -0.2) is 13.4 Å². The quantitative estimate of drug-likeness (QED) is 0.174. The lowest BCUT2D eigenvalue weighted by Gasteiger charge is -2.27. The highest BCUT2D eigenvalue weighted by Gasteiger charge is 2.45. The molecule has 0 saturated carbocycles. The van der Waals surface area contributed by atoms with E-state index in [9.17, 15) is 18.0 Å². The maximum absolute atomic E-state index is 14.0. The van der Waals surface area contributed by atoms with Gasteiger partial charge in [0.1, 0.15) is 14.7 Å². The summed E-state index contributed by atoms with van der Waals surface area (Å²) in [4.78, 5) is 33.8. The second-order valence-electron chi connectivity index (χ2n) is 9.45. The zero-order valence-electron chi connectivity index (χ0n) is 22.7. The number of sulfone groups is 1. The van der Waals surface area contributed by atoms with E-state index in [1.54, 1.807) is 23.6 Å². The molecule has 0 spiro atoms. The van der Waals surface area contributed by atoms with Crippen molar-refractivity contribution < 1.29 is 27.5 Å². The number of imide groups is 1. The number of amides is 2. The van der Waals surface area contributed by atoms with Gasteiger partial charge >= 0.3 is 0 Å². The molecule has 2 amide bonds. The Morgan fingerprint density at radius 2 is 1.56 bits per heavy atom. The monoisotopic (exact) mass is 588 g/mol. The highest BCUT2D eigenvalue weighted by Crippen LogP contribution is 2.42. The van der Waals surface area contributed by atoms with Crippen LogP contribution >= 0.6 is 11.3 Å². The molecule has 1 aromatic heterocycles. The normalized spacial score (nSPS) is 13.6. The van der Waals surface area contributed by atoms with E-state index in [2.05, 4.69) is 0 Å². The third-order valence-corrected chi connectivity index (χ3v) is 8.47. The van der Waals surface area contributed by atoms with Crippen LogP contribution in [0, 0.1) is 0 Å². The summed E-state index contributed by atoms with van der Waals surface area (Å²) >= 11 is 1.12. The zero-order chi connectivity index (χ0) is 29.1. The molecular weight excluding hydrogens is 560 g/mol. The molecule has 3 aromatic carbocycles. The Kier molecular flexibility index (Phi) is 8.05. The lowest BCUT2D eigenvalue weighted by Crippen LogP contribution is -2.37. The first-order valence-corrected chi connectivity index (χ1v) is 15.8. The van der Waals surface area contributed by atoms with Gasteiger partial charge in [0.05, 0.1) is 42.5 Å². The number of thiophene rings is 1. The lowest BCUT2D eigenvalue weighted by molar-refractivity contribution is 0.0599. The number of hydrogen-bond acceptors (Lipinski definition) is 8. The number of ether oxygens (including phenoxy) is 2. The predicted molar refractivity (Wildman–Crippen MR) is 160 cm³/mol. The fourth-order valence-electron chi connectivity index (χ4n) is 4.78. The first-order chi connectivity index (χ1) is 19.7. The van der Waals surface area contributed by atoms with Gasteiger partial charge in [-0.15, -0.1) is 11.3 Å². The number of carbonyl (C=O) groups excluding carboxylic acids is 2. The number of methoxy groups -OCH3 is 1. The van der Waals surface area contributed by atoms with Gasteiger partial charge in [0, 0.05) is 22.8 Å². The topological polar surface area (TPSA) is 102 Å². The van der Waals surface area contributed by atoms with Crippen LogP contribution in [0.4, 0.5) is 5.69 Å². The molecule has 1 atom stereocenters. The number of nitrogens with zero attached hydrogens (tertiary/aromatic N) is 2. The molecule has 0 saturated heterocycles. The van der Waals surface area contributed by atoms with Crippen molar-refractivity contribution in [2.24, 2.45) is 4.99 Å². The van der Waals surface area contributed by atoms with Crippen LogP contribution in [0.25, 0.3) is 0 Å². The molecule has 0 N–H and O–H groups in total. The Morgan fingerprint density at radius 1 is 0.927 bits per heavy atom. The molecule has 1 aliphatic rings. The Morgan fingerprint density at radius 3 is 2.12 bits per heavy atom. The van der Waals surface area contributed by atoms with Gasteiger partial charge < -0.3 is 9.47 Å². The van der Waals surface area contributed by atoms with Crippen LogP contribution < -0.4 is 9.47 Å². The summed E-state index contributed by atoms with van der Waals surface area (Å²) in [6.45, 7) is 2.16. The van der Waals surface area contributed by atoms with E-state index in [-0.39, 0.29) is 10.4 Å². The number of carbonyl (C=O) groups is 2. The first kappa shape index (κ1) is 28.3. The summed E-state index contributed by atoms with van der Waals surface area (Å²) in [6, 6.07) is 23.0. The van der Waals surface area contributed by atoms with Crippen LogP contribution in [0.1, 0.15) is 49.7 Å². The Hall–Kier alpha value is -4.28. The van der Waals surface area contributed by atoms with Crippen LogP contribution in [-0.4, -0.2) is 56.6 Å². The highest BCUT2D eigenvalue weighted by molar-refractivity contribution is 7.90. The second kappa shape index (κ2) is 11.7. The minimum atomic E-state index is -3.61. The van der Waals surface area contributed by atoms with Gasteiger partial charge in [-0.3, -0.25) is 14.5 Å². The Labute approximate surface area is 242 Å². The first-order valence-electron chi connectivity index (χ1n) is 12.9. The summed E-state index contributed by atoms with van der Waals surface area (Å²) in [5.41, 5.74) is 3.32. The average molecular weight is 589 g/mol. The molecule has 0 aliphatic carbocycles. The van der Waals surface area contributed by atoms with Crippen molar-refractivity contribution in [1.82, 2.24) is 4.90 Å². The molecular formula is C31H28N2O6S2. The number of rotatable bonds is 10. The van der Waals surface area contributed by atoms with Crippen molar-refractivity contribution in [3.05, 3.63) is 111 Å². The largest absolute Gasteiger partial charge is 0.493 e. The molecule has 1 aliphatic heterocycles. The number of benzene rings is 3. The number of aliphatic imine (C=N–C) groups is 1. The van der Waals surface area contributed by atoms with Crippen molar-refractivity contribution in [3.63, 3.8) is 0 Å². The third-order valence-electron chi connectivity index (χ3n) is 6.59. The van der Waals surface area contributed by atoms with Crippen molar-refractivity contribution in [2.75, 3.05) is 25.7 Å². The third kappa shape index (κ3) is 5.79. The molecule has 41 heavy (non-hydrogen) atoms. The molecule has 0 bridgehead atoms. The number of hydrogen-bond donors (Lipinski definition) is 0. The van der Waals surface area contributed by atoms with Gasteiger partial charge in [-0.05, 0) is 24.6 Å². The molecule has 0 radical (unpaired) electrons. The van der Waals surface area contributed by atoms with Crippen molar-refractivity contribution in [2.45, 2.75) is 13.0 Å². The standard InChI is InChI=1S/C31H28N2O6S2/c1-4-39-26-17-22(15-16-25(26)38-2)24(19-41(3,36)37)33-30(34)27-23(18-40-29(27)31(33)35)32-28(20-11-7-5-8-12-20)21-13-9-6-10-14-21/h5-18,24H,4,19H2,1-3H3/t24-/m1/s1. The summed E-state index contributed by atoms with van der Waals surface area (Å²) in [7, 11) is -2.11. The van der Waals surface area contributed by atoms with E-state index < -0.39 is 33.4 Å². The summed E-state index contributed by atoms with van der Waals surface area (Å²) in [5, 5.41) is 1.69. The van der Waals surface area contributed by atoms with E-state index in [1.165, 1.54) is 7.11 Å². The van der Waals surface area contributed by atoms with E-state index in [0.717, 1.165) is 33.6 Å². The minimum Gasteiger partial charge on any atom is -0.493 e. The van der Waals surface area contributed by atoms with E-state index in [4.69, 9.17) is 14.5 Å². The summed E-state index contributed by atoms with van der Waals surface area (Å²) < 4.78 is 36.1. The van der Waals surface area contributed by atoms with Crippen LogP contribution in [0.15, 0.2) is 89.2 Å². The fraction of sp³-hybridized carbons (Fsp3) is 0.194. The zero-order valence-corrected chi connectivity index (χ0v) is 24.4. The maximum atomic E-state index is 14.0. The van der Waals surface area contributed by atoms with Gasteiger partial charge in [0.25, 0.3) is 11.8 Å². The van der Waals surface area contributed by atoms with Gasteiger partial charge in [-0.2, -0.15) is 0 Å². The van der Waals surface area contributed by atoms with Crippen molar-refractivity contribution >= 4 is 44.4 Å². The Balaban J connectivity index is 1.60. The van der Waals surface area contributed by atoms with Crippen LogP contribution in [0.3, 0.4) is 0 Å². The lowest BCUT2D eigenvalue weighted by atomic mass is 10.0. The average Bonchev–Trinajstić information content (AvgIpc) is 3.49. The maximum Gasteiger partial charge on any atom is 0.272 e. The van der Waals surface area contributed by atoms with E-state index in [0.29, 0.717) is 35.1 Å².